The van der Waals surface area contributed by atoms with Crippen LogP contribution in [-0.4, -0.2) is 28.9 Å². The van der Waals surface area contributed by atoms with Gasteiger partial charge in [0, 0.05) is 29.9 Å². The highest BCUT2D eigenvalue weighted by molar-refractivity contribution is 7.09. The average molecular weight is 323 g/mol. The second kappa shape index (κ2) is 7.05. The van der Waals surface area contributed by atoms with Gasteiger partial charge < -0.3 is 4.90 Å². The second-order valence-electron chi connectivity index (χ2n) is 5.31. The molecule has 0 aliphatic rings. The minimum absolute atomic E-state index is 0.101. The molecule has 0 radical (unpaired) electrons. The van der Waals surface area contributed by atoms with Gasteiger partial charge in [0.2, 0.25) is 5.91 Å². The molecule has 0 spiro atoms. The van der Waals surface area contributed by atoms with E-state index in [-0.39, 0.29) is 11.9 Å². The number of thiazole rings is 1. The summed E-state index contributed by atoms with van der Waals surface area (Å²) in [4.78, 5) is 18.3. The lowest BCUT2D eigenvalue weighted by atomic mass is 10.2. The zero-order valence-corrected chi connectivity index (χ0v) is 14.0. The summed E-state index contributed by atoms with van der Waals surface area (Å²) in [6.07, 6.45) is 1.11. The topological polar surface area (TPSA) is 33.2 Å². The average Bonchev–Trinajstić information content (AvgIpc) is 2.84. The molecule has 0 aliphatic heterocycles. The summed E-state index contributed by atoms with van der Waals surface area (Å²) in [5.74, 6) is 0.101. The Kier molecular flexibility index (Phi) is 5.37. The van der Waals surface area contributed by atoms with E-state index in [2.05, 4.69) is 4.98 Å². The fourth-order valence-corrected chi connectivity index (χ4v) is 2.94. The van der Waals surface area contributed by atoms with Gasteiger partial charge in [0.05, 0.1) is 17.1 Å². The van der Waals surface area contributed by atoms with Crippen molar-refractivity contribution in [1.29, 1.82) is 0 Å². The van der Waals surface area contributed by atoms with E-state index in [0.29, 0.717) is 6.42 Å². The third-order valence-corrected chi connectivity index (χ3v) is 4.48. The van der Waals surface area contributed by atoms with E-state index in [1.54, 1.807) is 16.2 Å². The molecule has 5 heteroatoms. The molecule has 1 amide bonds. The van der Waals surface area contributed by atoms with Crippen molar-refractivity contribution in [2.75, 3.05) is 7.05 Å². The fourth-order valence-electron chi connectivity index (χ4n) is 1.90. The number of hydrogen-bond donors (Lipinski definition) is 0. The number of likely N-dealkylation sites (N-methyl/N-ethyl adjacent to an activating group) is 1. The molecule has 0 saturated heterocycles. The molecule has 2 aromatic rings. The minimum Gasteiger partial charge on any atom is -0.343 e. The van der Waals surface area contributed by atoms with Crippen LogP contribution in [0.15, 0.2) is 29.6 Å². The van der Waals surface area contributed by atoms with Crippen LogP contribution in [0.3, 0.4) is 0 Å². The number of amides is 1. The minimum atomic E-state index is 0.101. The van der Waals surface area contributed by atoms with Gasteiger partial charge in [-0.3, -0.25) is 4.79 Å². The Bertz CT molecular complexity index is 624. The first kappa shape index (κ1) is 16.0. The van der Waals surface area contributed by atoms with Crippen LogP contribution in [0.5, 0.6) is 0 Å². The molecule has 0 unspecified atom stereocenters. The van der Waals surface area contributed by atoms with Gasteiger partial charge in [0.15, 0.2) is 0 Å². The zero-order chi connectivity index (χ0) is 15.4. The van der Waals surface area contributed by atoms with E-state index >= 15 is 0 Å². The van der Waals surface area contributed by atoms with Crippen molar-refractivity contribution in [1.82, 2.24) is 9.88 Å². The van der Waals surface area contributed by atoms with Gasteiger partial charge in [-0.05, 0) is 31.5 Å². The van der Waals surface area contributed by atoms with Crippen LogP contribution in [0, 0.1) is 0 Å². The Morgan fingerprint density at radius 1 is 1.43 bits per heavy atom. The number of hydrogen-bond acceptors (Lipinski definition) is 3. The molecule has 0 atom stereocenters. The predicted octanol–water partition coefficient (Wildman–Crippen LogP) is 3.80. The molecular formula is C16H19ClN2OS. The van der Waals surface area contributed by atoms with Crippen LogP contribution in [0.1, 0.15) is 30.1 Å². The Morgan fingerprint density at radius 3 is 2.86 bits per heavy atom. The van der Waals surface area contributed by atoms with Crippen LogP contribution in [0.25, 0.3) is 0 Å². The predicted molar refractivity (Wildman–Crippen MR) is 88.0 cm³/mol. The number of aromatic nitrogens is 1. The van der Waals surface area contributed by atoms with Crippen molar-refractivity contribution in [2.24, 2.45) is 0 Å². The number of halogens is 1. The van der Waals surface area contributed by atoms with E-state index in [1.807, 2.05) is 50.5 Å². The lowest BCUT2D eigenvalue weighted by Crippen LogP contribution is -2.34. The summed E-state index contributed by atoms with van der Waals surface area (Å²) in [5, 5.41) is 3.71. The maximum Gasteiger partial charge on any atom is 0.228 e. The molecule has 0 saturated carbocycles. The van der Waals surface area contributed by atoms with E-state index in [1.165, 1.54) is 0 Å². The van der Waals surface area contributed by atoms with E-state index in [4.69, 9.17) is 11.6 Å². The van der Waals surface area contributed by atoms with Gasteiger partial charge in [-0.25, -0.2) is 4.98 Å². The third-order valence-electron chi connectivity index (χ3n) is 3.34. The molecule has 21 heavy (non-hydrogen) atoms. The summed E-state index contributed by atoms with van der Waals surface area (Å²) < 4.78 is 0. The van der Waals surface area contributed by atoms with Crippen molar-refractivity contribution in [3.63, 3.8) is 0 Å². The van der Waals surface area contributed by atoms with Crippen molar-refractivity contribution < 1.29 is 4.79 Å². The highest BCUT2D eigenvalue weighted by Gasteiger charge is 2.14. The standard InChI is InChI=1S/C16H19ClN2OS/c1-11(2)19(3)16(20)9-14-10-21-15(18-14)8-12-5-4-6-13(17)7-12/h4-7,10-11H,8-9H2,1-3H3. The monoisotopic (exact) mass is 322 g/mol. The summed E-state index contributed by atoms with van der Waals surface area (Å²) in [6.45, 7) is 4.01. The Morgan fingerprint density at radius 2 is 2.19 bits per heavy atom. The van der Waals surface area contributed by atoms with Crippen molar-refractivity contribution in [3.8, 4) is 0 Å². The first-order valence-electron chi connectivity index (χ1n) is 6.89. The third kappa shape index (κ3) is 4.55. The Labute approximate surface area is 134 Å². The van der Waals surface area contributed by atoms with E-state index in [0.717, 1.165) is 27.7 Å². The van der Waals surface area contributed by atoms with Gasteiger partial charge >= 0.3 is 0 Å². The van der Waals surface area contributed by atoms with Gasteiger partial charge in [-0.15, -0.1) is 11.3 Å². The maximum atomic E-state index is 12.0. The maximum absolute atomic E-state index is 12.0. The van der Waals surface area contributed by atoms with Crippen LogP contribution in [-0.2, 0) is 17.6 Å². The fraction of sp³-hybridized carbons (Fsp3) is 0.375. The van der Waals surface area contributed by atoms with Gasteiger partial charge in [0.1, 0.15) is 0 Å². The first-order chi connectivity index (χ1) is 9.95. The number of benzene rings is 1. The Hall–Kier alpha value is -1.39. The quantitative estimate of drug-likeness (QED) is 0.839. The smallest absolute Gasteiger partial charge is 0.228 e. The molecule has 3 nitrogen and oxygen atoms in total. The van der Waals surface area contributed by atoms with Crippen LogP contribution in [0.2, 0.25) is 5.02 Å². The number of carbonyl (C=O) groups is 1. The Balaban J connectivity index is 2.00. The lowest BCUT2D eigenvalue weighted by molar-refractivity contribution is -0.130. The number of nitrogens with zero attached hydrogens (tertiary/aromatic N) is 2. The van der Waals surface area contributed by atoms with Crippen LogP contribution >= 0.6 is 22.9 Å². The SMILES string of the molecule is CC(C)N(C)C(=O)Cc1csc(Cc2cccc(Cl)c2)n1. The largest absolute Gasteiger partial charge is 0.343 e. The van der Waals surface area contributed by atoms with Crippen LogP contribution < -0.4 is 0 Å². The van der Waals surface area contributed by atoms with E-state index in [9.17, 15) is 4.79 Å². The highest BCUT2D eigenvalue weighted by atomic mass is 35.5. The van der Waals surface area contributed by atoms with Crippen LogP contribution in [0.4, 0.5) is 0 Å². The van der Waals surface area contributed by atoms with Crippen molar-refractivity contribution in [3.05, 3.63) is 50.9 Å². The molecule has 112 valence electrons. The van der Waals surface area contributed by atoms with Gasteiger partial charge in [0.25, 0.3) is 0 Å². The molecule has 0 fully saturated rings. The molecule has 0 aliphatic carbocycles. The summed E-state index contributed by atoms with van der Waals surface area (Å²) in [5.41, 5.74) is 1.98. The highest BCUT2D eigenvalue weighted by Crippen LogP contribution is 2.18. The van der Waals surface area contributed by atoms with Gasteiger partial charge in [-0.2, -0.15) is 0 Å². The lowest BCUT2D eigenvalue weighted by Gasteiger charge is -2.20. The number of rotatable bonds is 5. The summed E-state index contributed by atoms with van der Waals surface area (Å²) in [7, 11) is 1.83. The molecular weight excluding hydrogens is 304 g/mol. The summed E-state index contributed by atoms with van der Waals surface area (Å²) in [6, 6.07) is 7.99. The number of carbonyl (C=O) groups excluding carboxylic acids is 1. The molecule has 1 aromatic carbocycles. The molecule has 1 heterocycles. The second-order valence-corrected chi connectivity index (χ2v) is 6.69. The first-order valence-corrected chi connectivity index (χ1v) is 8.15. The molecule has 0 N–H and O–H groups in total. The van der Waals surface area contributed by atoms with Crippen molar-refractivity contribution in [2.45, 2.75) is 32.7 Å². The normalized spacial score (nSPS) is 10.9. The molecule has 1 aromatic heterocycles. The van der Waals surface area contributed by atoms with Gasteiger partial charge in [-0.1, -0.05) is 23.7 Å². The van der Waals surface area contributed by atoms with E-state index < -0.39 is 0 Å². The zero-order valence-electron chi connectivity index (χ0n) is 12.5. The van der Waals surface area contributed by atoms with Crippen molar-refractivity contribution >= 4 is 28.8 Å². The molecule has 2 rings (SSSR count). The summed E-state index contributed by atoms with van der Waals surface area (Å²) >= 11 is 7.57. The molecule has 0 bridgehead atoms.